The molecular formula is C15H22O5. The molecule has 0 aliphatic carbocycles. The molecular weight excluding hydrogens is 260 g/mol. The van der Waals surface area contributed by atoms with E-state index >= 15 is 0 Å². The number of esters is 1. The average Bonchev–Trinajstić information content (AvgIpc) is 2.46. The molecule has 5 nitrogen and oxygen atoms in total. The van der Waals surface area contributed by atoms with Gasteiger partial charge in [0.2, 0.25) is 0 Å². The van der Waals surface area contributed by atoms with Crippen LogP contribution < -0.4 is 9.47 Å². The van der Waals surface area contributed by atoms with Gasteiger partial charge in [-0.05, 0) is 25.5 Å². The van der Waals surface area contributed by atoms with E-state index in [2.05, 4.69) is 0 Å². The first-order valence-corrected chi connectivity index (χ1v) is 6.77. The van der Waals surface area contributed by atoms with Crippen molar-refractivity contribution in [2.45, 2.75) is 39.4 Å². The Morgan fingerprint density at radius 1 is 1.35 bits per heavy atom. The van der Waals surface area contributed by atoms with Crippen molar-refractivity contribution in [3.8, 4) is 11.5 Å². The van der Waals surface area contributed by atoms with Crippen molar-refractivity contribution in [3.05, 3.63) is 23.8 Å². The van der Waals surface area contributed by atoms with Gasteiger partial charge in [-0.1, -0.05) is 13.3 Å². The molecule has 1 unspecified atom stereocenters. The zero-order chi connectivity index (χ0) is 15.0. The van der Waals surface area contributed by atoms with Gasteiger partial charge in [0.15, 0.2) is 6.10 Å². The zero-order valence-electron chi connectivity index (χ0n) is 12.2. The quantitative estimate of drug-likeness (QED) is 0.741. The van der Waals surface area contributed by atoms with Crippen LogP contribution in [0.25, 0.3) is 0 Å². The van der Waals surface area contributed by atoms with E-state index < -0.39 is 6.10 Å². The molecule has 0 saturated carbocycles. The molecule has 0 bridgehead atoms. The van der Waals surface area contributed by atoms with E-state index in [9.17, 15) is 9.90 Å². The highest BCUT2D eigenvalue weighted by molar-refractivity contribution is 5.75. The van der Waals surface area contributed by atoms with Gasteiger partial charge >= 0.3 is 5.97 Å². The number of benzene rings is 1. The summed E-state index contributed by atoms with van der Waals surface area (Å²) in [6.07, 6.45) is 0.681. The molecule has 0 radical (unpaired) electrons. The Morgan fingerprint density at radius 3 is 2.65 bits per heavy atom. The van der Waals surface area contributed by atoms with Crippen LogP contribution in [0.4, 0.5) is 0 Å². The van der Waals surface area contributed by atoms with Crippen LogP contribution in [-0.4, -0.2) is 30.9 Å². The maximum atomic E-state index is 11.9. The van der Waals surface area contributed by atoms with Crippen LogP contribution in [0.15, 0.2) is 18.2 Å². The van der Waals surface area contributed by atoms with E-state index in [0.29, 0.717) is 30.1 Å². The summed E-state index contributed by atoms with van der Waals surface area (Å²) in [5.41, 5.74) is 0.608. The standard InChI is InChI=1S/C15H22O5/c1-4-6-13(15(17)19-5-2)20-14-9-12(18-3)8-7-11(14)10-16/h7-9,13,16H,4-6,10H2,1-3H3. The molecule has 112 valence electrons. The molecule has 0 heterocycles. The van der Waals surface area contributed by atoms with Crippen molar-refractivity contribution in [1.29, 1.82) is 0 Å². The molecule has 0 saturated heterocycles. The number of hydrogen-bond donors (Lipinski definition) is 1. The van der Waals surface area contributed by atoms with Gasteiger partial charge in [-0.3, -0.25) is 0 Å². The number of carbonyl (C=O) groups excluding carboxylic acids is 1. The zero-order valence-corrected chi connectivity index (χ0v) is 12.2. The van der Waals surface area contributed by atoms with E-state index in [4.69, 9.17) is 14.2 Å². The minimum atomic E-state index is -0.669. The van der Waals surface area contributed by atoms with Crippen LogP contribution in [0.5, 0.6) is 11.5 Å². The molecule has 1 rings (SSSR count). The Kier molecular flexibility index (Phi) is 6.87. The van der Waals surface area contributed by atoms with Crippen molar-refractivity contribution in [3.63, 3.8) is 0 Å². The molecule has 0 aliphatic heterocycles. The third-order valence-corrected chi connectivity index (χ3v) is 2.81. The van der Waals surface area contributed by atoms with Crippen molar-refractivity contribution in [1.82, 2.24) is 0 Å². The second-order valence-electron chi connectivity index (χ2n) is 4.28. The van der Waals surface area contributed by atoms with Crippen LogP contribution >= 0.6 is 0 Å². The molecule has 1 N–H and O–H groups in total. The van der Waals surface area contributed by atoms with Gasteiger partial charge in [-0.15, -0.1) is 0 Å². The smallest absolute Gasteiger partial charge is 0.347 e. The number of aliphatic hydroxyl groups is 1. The minimum Gasteiger partial charge on any atom is -0.497 e. The fraction of sp³-hybridized carbons (Fsp3) is 0.533. The maximum Gasteiger partial charge on any atom is 0.347 e. The van der Waals surface area contributed by atoms with Crippen molar-refractivity contribution in [2.75, 3.05) is 13.7 Å². The Balaban J connectivity index is 2.93. The average molecular weight is 282 g/mol. The first kappa shape index (κ1) is 16.3. The molecule has 1 aromatic carbocycles. The summed E-state index contributed by atoms with van der Waals surface area (Å²) in [5.74, 6) is 0.663. The summed E-state index contributed by atoms with van der Waals surface area (Å²) in [4.78, 5) is 11.9. The molecule has 0 fully saturated rings. The lowest BCUT2D eigenvalue weighted by Crippen LogP contribution is -2.29. The van der Waals surface area contributed by atoms with Crippen LogP contribution in [-0.2, 0) is 16.1 Å². The number of ether oxygens (including phenoxy) is 3. The number of carbonyl (C=O) groups is 1. The largest absolute Gasteiger partial charge is 0.497 e. The van der Waals surface area contributed by atoms with Gasteiger partial charge in [-0.25, -0.2) is 4.79 Å². The Bertz CT molecular complexity index is 430. The third-order valence-electron chi connectivity index (χ3n) is 2.81. The Labute approximate surface area is 119 Å². The fourth-order valence-corrected chi connectivity index (χ4v) is 1.78. The summed E-state index contributed by atoms with van der Waals surface area (Å²) in [7, 11) is 1.55. The number of aliphatic hydroxyl groups excluding tert-OH is 1. The van der Waals surface area contributed by atoms with E-state index in [-0.39, 0.29) is 12.6 Å². The second-order valence-corrected chi connectivity index (χ2v) is 4.28. The van der Waals surface area contributed by atoms with Gasteiger partial charge in [0, 0.05) is 11.6 Å². The molecule has 1 atom stereocenters. The maximum absolute atomic E-state index is 11.9. The van der Waals surface area contributed by atoms with E-state index in [0.717, 1.165) is 6.42 Å². The number of hydrogen-bond acceptors (Lipinski definition) is 5. The monoisotopic (exact) mass is 282 g/mol. The van der Waals surface area contributed by atoms with Crippen LogP contribution in [0, 0.1) is 0 Å². The predicted octanol–water partition coefficient (Wildman–Crippen LogP) is 2.30. The highest BCUT2D eigenvalue weighted by atomic mass is 16.6. The fourth-order valence-electron chi connectivity index (χ4n) is 1.78. The summed E-state index contributed by atoms with van der Waals surface area (Å²) in [6.45, 7) is 3.87. The third kappa shape index (κ3) is 4.42. The highest BCUT2D eigenvalue weighted by Gasteiger charge is 2.22. The molecule has 0 spiro atoms. The van der Waals surface area contributed by atoms with E-state index in [1.807, 2.05) is 6.92 Å². The second kappa shape index (κ2) is 8.43. The van der Waals surface area contributed by atoms with Crippen LogP contribution in [0.2, 0.25) is 0 Å². The molecule has 0 aromatic heterocycles. The first-order chi connectivity index (χ1) is 9.65. The molecule has 5 heteroatoms. The predicted molar refractivity (Wildman–Crippen MR) is 74.9 cm³/mol. The summed E-state index contributed by atoms with van der Waals surface area (Å²) < 4.78 is 15.8. The topological polar surface area (TPSA) is 65.0 Å². The molecule has 20 heavy (non-hydrogen) atoms. The highest BCUT2D eigenvalue weighted by Crippen LogP contribution is 2.26. The van der Waals surface area contributed by atoms with Gasteiger partial charge in [0.25, 0.3) is 0 Å². The van der Waals surface area contributed by atoms with Crippen molar-refractivity contribution < 1.29 is 24.1 Å². The molecule has 1 aromatic rings. The number of methoxy groups -OCH3 is 1. The van der Waals surface area contributed by atoms with E-state index in [1.54, 1.807) is 32.2 Å². The van der Waals surface area contributed by atoms with Crippen LogP contribution in [0.3, 0.4) is 0 Å². The Morgan fingerprint density at radius 2 is 2.10 bits per heavy atom. The lowest BCUT2D eigenvalue weighted by atomic mass is 10.1. The van der Waals surface area contributed by atoms with Gasteiger partial charge in [0.1, 0.15) is 11.5 Å². The van der Waals surface area contributed by atoms with Crippen LogP contribution in [0.1, 0.15) is 32.3 Å². The van der Waals surface area contributed by atoms with Gasteiger partial charge < -0.3 is 19.3 Å². The summed E-state index contributed by atoms with van der Waals surface area (Å²) in [5, 5.41) is 9.33. The lowest BCUT2D eigenvalue weighted by molar-refractivity contribution is -0.151. The SMILES string of the molecule is CCCC(Oc1cc(OC)ccc1CO)C(=O)OCC. The molecule has 0 amide bonds. The molecule has 0 aliphatic rings. The lowest BCUT2D eigenvalue weighted by Gasteiger charge is -2.19. The van der Waals surface area contributed by atoms with Gasteiger partial charge in [0.05, 0.1) is 20.3 Å². The van der Waals surface area contributed by atoms with Gasteiger partial charge in [-0.2, -0.15) is 0 Å². The normalized spacial score (nSPS) is 11.8. The van der Waals surface area contributed by atoms with Crippen molar-refractivity contribution >= 4 is 5.97 Å². The van der Waals surface area contributed by atoms with Crippen molar-refractivity contribution in [2.24, 2.45) is 0 Å². The Hall–Kier alpha value is -1.75. The summed E-state index contributed by atoms with van der Waals surface area (Å²) in [6, 6.07) is 5.10. The van der Waals surface area contributed by atoms with E-state index in [1.165, 1.54) is 0 Å². The summed E-state index contributed by atoms with van der Waals surface area (Å²) >= 11 is 0. The first-order valence-electron chi connectivity index (χ1n) is 6.77. The minimum absolute atomic E-state index is 0.166. The number of rotatable bonds is 8.